The summed E-state index contributed by atoms with van der Waals surface area (Å²) < 4.78 is 10.7. The number of nitriles is 1. The van der Waals surface area contributed by atoms with E-state index in [1.807, 2.05) is 25.1 Å². The third-order valence-corrected chi connectivity index (χ3v) is 5.05. The van der Waals surface area contributed by atoms with Crippen LogP contribution in [0.5, 0.6) is 5.75 Å². The van der Waals surface area contributed by atoms with E-state index in [1.165, 1.54) is 18.2 Å². The summed E-state index contributed by atoms with van der Waals surface area (Å²) in [7, 11) is 0. The van der Waals surface area contributed by atoms with E-state index in [2.05, 4.69) is 0 Å². The molecule has 2 amide bonds. The van der Waals surface area contributed by atoms with Crippen molar-refractivity contribution in [3.8, 4) is 11.8 Å². The second kappa shape index (κ2) is 8.74. The Morgan fingerprint density at radius 2 is 1.66 bits per heavy atom. The highest BCUT2D eigenvalue weighted by Crippen LogP contribution is 2.31. The zero-order valence-electron chi connectivity index (χ0n) is 17.2. The van der Waals surface area contributed by atoms with Gasteiger partial charge in [0.2, 0.25) is 0 Å². The number of aryl methyl sites for hydroxylation is 1. The van der Waals surface area contributed by atoms with Gasteiger partial charge in [0.05, 0.1) is 34.0 Å². The van der Waals surface area contributed by atoms with Gasteiger partial charge in [-0.15, -0.1) is 0 Å². The predicted molar refractivity (Wildman–Crippen MR) is 116 cm³/mol. The van der Waals surface area contributed by atoms with Crippen LogP contribution in [0, 0.1) is 18.3 Å². The van der Waals surface area contributed by atoms with Gasteiger partial charge < -0.3 is 9.47 Å². The molecule has 1 heterocycles. The Kier molecular flexibility index (Phi) is 5.69. The smallest absolute Gasteiger partial charge is 0.338 e. The lowest BCUT2D eigenvalue weighted by molar-refractivity contribution is 0.0450. The number of carbonyl (C=O) groups excluding carboxylic acids is 3. The zero-order valence-corrected chi connectivity index (χ0v) is 17.2. The quantitative estimate of drug-likeness (QED) is 0.337. The Morgan fingerprint density at radius 1 is 0.938 bits per heavy atom. The Bertz CT molecular complexity index is 1260. The summed E-state index contributed by atoms with van der Waals surface area (Å²) in [5.74, 6) is -0.961. The van der Waals surface area contributed by atoms with Gasteiger partial charge in [-0.05, 0) is 61.0 Å². The second-order valence-corrected chi connectivity index (χ2v) is 7.11. The molecule has 1 aliphatic heterocycles. The molecule has 0 aliphatic carbocycles. The van der Waals surface area contributed by atoms with Crippen LogP contribution < -0.4 is 9.64 Å². The summed E-state index contributed by atoms with van der Waals surface area (Å²) in [4.78, 5) is 39.2. The third-order valence-electron chi connectivity index (χ3n) is 5.05. The van der Waals surface area contributed by atoms with Crippen LogP contribution in [0.25, 0.3) is 0 Å². The Hall–Kier alpha value is -4.44. The molecule has 0 unspecified atom stereocenters. The van der Waals surface area contributed by atoms with Crippen molar-refractivity contribution in [3.05, 3.63) is 94.5 Å². The summed E-state index contributed by atoms with van der Waals surface area (Å²) in [5.41, 5.74) is 2.43. The molecule has 3 aromatic rings. The first-order valence-electron chi connectivity index (χ1n) is 9.88. The van der Waals surface area contributed by atoms with Crippen molar-refractivity contribution in [2.24, 2.45) is 0 Å². The summed E-state index contributed by atoms with van der Waals surface area (Å²) in [5, 5.41) is 8.80. The van der Waals surface area contributed by atoms with Crippen molar-refractivity contribution < 1.29 is 23.9 Å². The number of ether oxygens (including phenoxy) is 2. The number of para-hydroxylation sites is 1. The van der Waals surface area contributed by atoms with Gasteiger partial charge >= 0.3 is 5.97 Å². The standard InChI is InChI=1S/C25H18N2O5/c1-16-4-2-3-5-22(16)27-23(28)20-11-8-18(14-21(20)24(27)29)25(30)32-13-12-31-19-9-6-17(15-26)7-10-19/h2-11,14H,12-13H2,1H3. The number of nitrogens with zero attached hydrogens (tertiary/aromatic N) is 2. The average Bonchev–Trinajstić information content (AvgIpc) is 3.06. The molecule has 0 spiro atoms. The van der Waals surface area contributed by atoms with Crippen LogP contribution in [0.1, 0.15) is 42.2 Å². The van der Waals surface area contributed by atoms with E-state index < -0.39 is 17.8 Å². The molecule has 0 N–H and O–H groups in total. The number of benzene rings is 3. The number of hydrogen-bond donors (Lipinski definition) is 0. The van der Waals surface area contributed by atoms with Crippen molar-refractivity contribution in [1.82, 2.24) is 0 Å². The Labute approximate surface area is 184 Å². The van der Waals surface area contributed by atoms with Crippen molar-refractivity contribution in [2.75, 3.05) is 18.1 Å². The number of carbonyl (C=O) groups is 3. The van der Waals surface area contributed by atoms with Gasteiger partial charge in [-0.2, -0.15) is 5.26 Å². The Morgan fingerprint density at radius 3 is 2.38 bits per heavy atom. The van der Waals surface area contributed by atoms with Gasteiger partial charge in [-0.3, -0.25) is 9.59 Å². The molecule has 0 saturated carbocycles. The molecule has 0 aromatic heterocycles. The molecule has 4 rings (SSSR count). The van der Waals surface area contributed by atoms with Gasteiger partial charge in [0, 0.05) is 0 Å². The van der Waals surface area contributed by atoms with Crippen LogP contribution in [-0.2, 0) is 4.74 Å². The molecule has 0 bridgehead atoms. The summed E-state index contributed by atoms with van der Waals surface area (Å²) in [6.07, 6.45) is 0. The monoisotopic (exact) mass is 426 g/mol. The molecule has 1 aliphatic rings. The first kappa shape index (κ1) is 20.8. The summed E-state index contributed by atoms with van der Waals surface area (Å²) in [6.45, 7) is 1.95. The Balaban J connectivity index is 1.41. The van der Waals surface area contributed by atoms with Gasteiger partial charge in [0.15, 0.2) is 0 Å². The van der Waals surface area contributed by atoms with E-state index in [-0.39, 0.29) is 29.9 Å². The highest BCUT2D eigenvalue weighted by molar-refractivity contribution is 6.34. The fraction of sp³-hybridized carbons (Fsp3) is 0.120. The molecule has 0 saturated heterocycles. The van der Waals surface area contributed by atoms with E-state index in [0.717, 1.165) is 10.5 Å². The minimum atomic E-state index is -0.620. The number of hydrogen-bond acceptors (Lipinski definition) is 6. The molecule has 0 fully saturated rings. The predicted octanol–water partition coefficient (Wildman–Crippen LogP) is 3.90. The lowest BCUT2D eigenvalue weighted by atomic mass is 10.1. The maximum Gasteiger partial charge on any atom is 0.338 e. The number of fused-ring (bicyclic) bond motifs is 1. The number of imide groups is 1. The molecule has 7 nitrogen and oxygen atoms in total. The fourth-order valence-corrected chi connectivity index (χ4v) is 3.40. The van der Waals surface area contributed by atoms with Gasteiger partial charge in [0.1, 0.15) is 19.0 Å². The maximum atomic E-state index is 12.9. The number of esters is 1. The molecule has 0 radical (unpaired) electrons. The van der Waals surface area contributed by atoms with E-state index in [1.54, 1.807) is 36.4 Å². The lowest BCUT2D eigenvalue weighted by Crippen LogP contribution is -2.29. The minimum absolute atomic E-state index is 0.00185. The zero-order chi connectivity index (χ0) is 22.7. The molecule has 3 aromatic carbocycles. The fourth-order valence-electron chi connectivity index (χ4n) is 3.40. The molecule has 0 atom stereocenters. The van der Waals surface area contributed by atoms with Crippen LogP contribution in [0.15, 0.2) is 66.7 Å². The molecule has 7 heteroatoms. The maximum absolute atomic E-state index is 12.9. The van der Waals surface area contributed by atoms with Crippen LogP contribution in [0.4, 0.5) is 5.69 Å². The third kappa shape index (κ3) is 3.94. The van der Waals surface area contributed by atoms with Gasteiger partial charge in [-0.25, -0.2) is 9.69 Å². The summed E-state index contributed by atoms with van der Waals surface area (Å²) >= 11 is 0. The largest absolute Gasteiger partial charge is 0.490 e. The minimum Gasteiger partial charge on any atom is -0.490 e. The SMILES string of the molecule is Cc1ccccc1N1C(=O)c2ccc(C(=O)OCCOc3ccc(C#N)cc3)cc2C1=O. The van der Waals surface area contributed by atoms with Crippen molar-refractivity contribution in [3.63, 3.8) is 0 Å². The van der Waals surface area contributed by atoms with Gasteiger partial charge in [0.25, 0.3) is 11.8 Å². The van der Waals surface area contributed by atoms with Crippen LogP contribution >= 0.6 is 0 Å². The summed E-state index contributed by atoms with van der Waals surface area (Å²) in [6, 6.07) is 20.0. The van der Waals surface area contributed by atoms with Crippen molar-refractivity contribution >= 4 is 23.5 Å². The number of anilines is 1. The normalized spacial score (nSPS) is 12.3. The molecule has 32 heavy (non-hydrogen) atoms. The number of rotatable bonds is 6. The van der Waals surface area contributed by atoms with E-state index >= 15 is 0 Å². The second-order valence-electron chi connectivity index (χ2n) is 7.11. The van der Waals surface area contributed by atoms with Crippen LogP contribution in [-0.4, -0.2) is 31.0 Å². The molecule has 158 valence electrons. The van der Waals surface area contributed by atoms with E-state index in [4.69, 9.17) is 14.7 Å². The first-order valence-corrected chi connectivity index (χ1v) is 9.88. The highest BCUT2D eigenvalue weighted by atomic mass is 16.6. The molecular formula is C25H18N2O5. The van der Waals surface area contributed by atoms with Crippen LogP contribution in [0.2, 0.25) is 0 Å². The average molecular weight is 426 g/mol. The van der Waals surface area contributed by atoms with Crippen LogP contribution in [0.3, 0.4) is 0 Å². The first-order chi connectivity index (χ1) is 15.5. The molecular weight excluding hydrogens is 408 g/mol. The lowest BCUT2D eigenvalue weighted by Gasteiger charge is -2.16. The van der Waals surface area contributed by atoms with Crippen molar-refractivity contribution in [2.45, 2.75) is 6.92 Å². The highest BCUT2D eigenvalue weighted by Gasteiger charge is 2.37. The van der Waals surface area contributed by atoms with Gasteiger partial charge in [-0.1, -0.05) is 18.2 Å². The van der Waals surface area contributed by atoms with Crippen molar-refractivity contribution in [1.29, 1.82) is 5.26 Å². The number of amides is 2. The van der Waals surface area contributed by atoms with E-state index in [9.17, 15) is 14.4 Å². The topological polar surface area (TPSA) is 96.7 Å². The van der Waals surface area contributed by atoms with E-state index in [0.29, 0.717) is 17.0 Å².